The van der Waals surface area contributed by atoms with Crippen LogP contribution in [0.1, 0.15) is 10.4 Å². The SMILES string of the molecule is N#Cc1ccc(OCC(=O)NCc2cccs2)cc1Cl. The Balaban J connectivity index is 1.81. The Morgan fingerprint density at radius 2 is 2.30 bits per heavy atom. The van der Waals surface area contributed by atoms with Crippen LogP contribution < -0.4 is 10.1 Å². The minimum absolute atomic E-state index is 0.0897. The van der Waals surface area contributed by atoms with Crippen LogP contribution in [0, 0.1) is 11.3 Å². The number of amides is 1. The minimum Gasteiger partial charge on any atom is -0.484 e. The fourth-order valence-corrected chi connectivity index (χ4v) is 2.33. The van der Waals surface area contributed by atoms with E-state index < -0.39 is 0 Å². The molecule has 0 spiro atoms. The molecule has 4 nitrogen and oxygen atoms in total. The van der Waals surface area contributed by atoms with Crippen molar-refractivity contribution in [1.82, 2.24) is 5.32 Å². The van der Waals surface area contributed by atoms with E-state index in [1.165, 1.54) is 6.07 Å². The van der Waals surface area contributed by atoms with Gasteiger partial charge in [0, 0.05) is 10.9 Å². The first-order chi connectivity index (χ1) is 9.69. The highest BCUT2D eigenvalue weighted by molar-refractivity contribution is 7.09. The Morgan fingerprint density at radius 1 is 1.45 bits per heavy atom. The van der Waals surface area contributed by atoms with Crippen LogP contribution in [-0.2, 0) is 11.3 Å². The molecule has 0 aliphatic rings. The number of nitrogens with one attached hydrogen (secondary N) is 1. The molecule has 2 rings (SSSR count). The molecule has 0 aliphatic heterocycles. The normalized spacial score (nSPS) is 9.80. The first-order valence-electron chi connectivity index (χ1n) is 5.80. The summed E-state index contributed by atoms with van der Waals surface area (Å²) in [6, 6.07) is 10.5. The molecule has 0 fully saturated rings. The number of nitrogens with zero attached hydrogens (tertiary/aromatic N) is 1. The van der Waals surface area contributed by atoms with Crippen molar-refractivity contribution in [2.24, 2.45) is 0 Å². The van der Waals surface area contributed by atoms with Crippen molar-refractivity contribution in [3.63, 3.8) is 0 Å². The van der Waals surface area contributed by atoms with E-state index in [0.29, 0.717) is 22.9 Å². The van der Waals surface area contributed by atoms with Crippen molar-refractivity contribution in [1.29, 1.82) is 5.26 Å². The summed E-state index contributed by atoms with van der Waals surface area (Å²) in [6.45, 7) is 0.404. The van der Waals surface area contributed by atoms with Crippen molar-refractivity contribution < 1.29 is 9.53 Å². The summed E-state index contributed by atoms with van der Waals surface area (Å²) >= 11 is 7.45. The lowest BCUT2D eigenvalue weighted by molar-refractivity contribution is -0.123. The van der Waals surface area contributed by atoms with Gasteiger partial charge in [-0.2, -0.15) is 5.26 Å². The lowest BCUT2D eigenvalue weighted by Crippen LogP contribution is -2.28. The number of ether oxygens (including phenoxy) is 1. The van der Waals surface area contributed by atoms with E-state index in [4.69, 9.17) is 21.6 Å². The Morgan fingerprint density at radius 3 is 2.95 bits per heavy atom. The molecule has 1 heterocycles. The van der Waals surface area contributed by atoms with Gasteiger partial charge in [0.25, 0.3) is 5.91 Å². The van der Waals surface area contributed by atoms with E-state index in [1.54, 1.807) is 23.5 Å². The zero-order valence-electron chi connectivity index (χ0n) is 10.4. The Bertz CT molecular complexity index is 635. The molecule has 0 saturated heterocycles. The van der Waals surface area contributed by atoms with E-state index in [0.717, 1.165) is 4.88 Å². The molecule has 0 aliphatic carbocycles. The molecular formula is C14H11ClN2O2S. The molecule has 0 saturated carbocycles. The predicted molar refractivity (Wildman–Crippen MR) is 77.8 cm³/mol. The smallest absolute Gasteiger partial charge is 0.258 e. The van der Waals surface area contributed by atoms with Crippen molar-refractivity contribution in [3.8, 4) is 11.8 Å². The standard InChI is InChI=1S/C14H11ClN2O2S/c15-13-6-11(4-3-10(13)7-16)19-9-14(18)17-8-12-2-1-5-20-12/h1-6H,8-9H2,(H,17,18). The molecule has 1 N–H and O–H groups in total. The highest BCUT2D eigenvalue weighted by atomic mass is 35.5. The van der Waals surface area contributed by atoms with E-state index in [-0.39, 0.29) is 12.5 Å². The zero-order valence-corrected chi connectivity index (χ0v) is 12.0. The zero-order chi connectivity index (χ0) is 14.4. The van der Waals surface area contributed by atoms with Gasteiger partial charge in [-0.25, -0.2) is 0 Å². The molecule has 1 aromatic carbocycles. The van der Waals surface area contributed by atoms with Gasteiger partial charge in [-0.1, -0.05) is 17.7 Å². The second kappa shape index (κ2) is 6.94. The van der Waals surface area contributed by atoms with Crippen molar-refractivity contribution in [2.75, 3.05) is 6.61 Å². The lowest BCUT2D eigenvalue weighted by atomic mass is 10.2. The first kappa shape index (κ1) is 14.4. The average Bonchev–Trinajstić information content (AvgIpc) is 2.96. The summed E-state index contributed by atoms with van der Waals surface area (Å²) in [5, 5.41) is 13.8. The number of thiophene rings is 1. The molecule has 2 aromatic rings. The summed E-state index contributed by atoms with van der Waals surface area (Å²) in [5.74, 6) is 0.249. The maximum atomic E-state index is 11.6. The summed E-state index contributed by atoms with van der Waals surface area (Å²) in [6.07, 6.45) is 0. The number of nitriles is 1. The van der Waals surface area contributed by atoms with E-state index in [1.807, 2.05) is 23.6 Å². The van der Waals surface area contributed by atoms with Crippen LogP contribution in [0.2, 0.25) is 5.02 Å². The van der Waals surface area contributed by atoms with Crippen molar-refractivity contribution in [3.05, 3.63) is 51.2 Å². The third-order valence-corrected chi connectivity index (χ3v) is 3.66. The van der Waals surface area contributed by atoms with Gasteiger partial charge >= 0.3 is 0 Å². The molecule has 1 amide bonds. The number of hydrogen-bond acceptors (Lipinski definition) is 4. The van der Waals surface area contributed by atoms with Gasteiger partial charge in [0.05, 0.1) is 17.1 Å². The maximum Gasteiger partial charge on any atom is 0.258 e. The molecule has 20 heavy (non-hydrogen) atoms. The quantitative estimate of drug-likeness (QED) is 0.923. The number of halogens is 1. The number of carbonyl (C=O) groups is 1. The maximum absolute atomic E-state index is 11.6. The lowest BCUT2D eigenvalue weighted by Gasteiger charge is -2.07. The fourth-order valence-electron chi connectivity index (χ4n) is 1.48. The molecule has 0 unspecified atom stereocenters. The summed E-state index contributed by atoms with van der Waals surface area (Å²) in [4.78, 5) is 12.7. The van der Waals surface area contributed by atoms with Crippen molar-refractivity contribution in [2.45, 2.75) is 6.54 Å². The minimum atomic E-state index is -0.209. The van der Waals surface area contributed by atoms with E-state index in [2.05, 4.69) is 5.32 Å². The largest absolute Gasteiger partial charge is 0.484 e. The Labute approximate surface area is 125 Å². The second-order valence-electron chi connectivity index (χ2n) is 3.90. The highest BCUT2D eigenvalue weighted by Crippen LogP contribution is 2.21. The molecule has 0 radical (unpaired) electrons. The van der Waals surface area contributed by atoms with E-state index in [9.17, 15) is 4.79 Å². The monoisotopic (exact) mass is 306 g/mol. The van der Waals surface area contributed by atoms with Gasteiger partial charge in [0.1, 0.15) is 11.8 Å². The van der Waals surface area contributed by atoms with Gasteiger partial charge in [-0.3, -0.25) is 4.79 Å². The van der Waals surface area contributed by atoms with Gasteiger partial charge in [0.15, 0.2) is 6.61 Å². The number of hydrogen-bond donors (Lipinski definition) is 1. The summed E-state index contributed by atoms with van der Waals surface area (Å²) in [5.41, 5.74) is 0.376. The Hall–Kier alpha value is -2.03. The van der Waals surface area contributed by atoms with Crippen LogP contribution in [0.5, 0.6) is 5.75 Å². The third-order valence-electron chi connectivity index (χ3n) is 2.47. The average molecular weight is 307 g/mol. The van der Waals surface area contributed by atoms with Crippen LogP contribution in [0.25, 0.3) is 0 Å². The number of benzene rings is 1. The predicted octanol–water partition coefficient (Wildman–Crippen LogP) is 2.97. The molecule has 102 valence electrons. The molecule has 1 aromatic heterocycles. The summed E-state index contributed by atoms with van der Waals surface area (Å²) < 4.78 is 5.32. The topological polar surface area (TPSA) is 62.1 Å². The van der Waals surface area contributed by atoms with Gasteiger partial charge < -0.3 is 10.1 Å². The number of carbonyl (C=O) groups excluding carboxylic acids is 1. The van der Waals surface area contributed by atoms with Gasteiger partial charge in [-0.15, -0.1) is 11.3 Å². The first-order valence-corrected chi connectivity index (χ1v) is 7.06. The van der Waals surface area contributed by atoms with Crippen molar-refractivity contribution >= 4 is 28.8 Å². The molecule has 0 atom stereocenters. The van der Waals surface area contributed by atoms with Crippen LogP contribution >= 0.6 is 22.9 Å². The van der Waals surface area contributed by atoms with Crippen LogP contribution in [0.3, 0.4) is 0 Å². The van der Waals surface area contributed by atoms with Crippen LogP contribution in [0.4, 0.5) is 0 Å². The molecule has 6 heteroatoms. The molecule has 0 bridgehead atoms. The van der Waals surface area contributed by atoms with Gasteiger partial charge in [-0.05, 0) is 23.6 Å². The van der Waals surface area contributed by atoms with Crippen LogP contribution in [0.15, 0.2) is 35.7 Å². The van der Waals surface area contributed by atoms with E-state index >= 15 is 0 Å². The van der Waals surface area contributed by atoms with Crippen LogP contribution in [-0.4, -0.2) is 12.5 Å². The Kier molecular flexibility index (Phi) is 4.99. The fraction of sp³-hybridized carbons (Fsp3) is 0.143. The van der Waals surface area contributed by atoms with Gasteiger partial charge in [0.2, 0.25) is 0 Å². The highest BCUT2D eigenvalue weighted by Gasteiger charge is 2.05. The number of rotatable bonds is 5. The second-order valence-corrected chi connectivity index (χ2v) is 5.34. The third kappa shape index (κ3) is 3.98. The summed E-state index contributed by atoms with van der Waals surface area (Å²) in [7, 11) is 0. The molecular weight excluding hydrogens is 296 g/mol.